The maximum Gasteiger partial charge on any atom is 0.0314 e. The minimum Gasteiger partial charge on any atom is -0.399 e. The fraction of sp³-hybridized carbons (Fsp3) is 0.143. The van der Waals surface area contributed by atoms with Crippen molar-refractivity contribution in [2.45, 2.75) is 6.92 Å². The van der Waals surface area contributed by atoms with Crippen LogP contribution < -0.4 is 5.73 Å². The van der Waals surface area contributed by atoms with Gasteiger partial charge in [0.2, 0.25) is 0 Å². The summed E-state index contributed by atoms with van der Waals surface area (Å²) in [5.74, 6) is 0. The second-order valence-electron chi connectivity index (χ2n) is 1.91. The van der Waals surface area contributed by atoms with E-state index in [0.717, 1.165) is 5.69 Å². The Balaban J connectivity index is 3.03. The third-order valence-electron chi connectivity index (χ3n) is 1.08. The van der Waals surface area contributed by atoms with E-state index in [-0.39, 0.29) is 0 Å². The fourth-order valence-electron chi connectivity index (χ4n) is 0.566. The molecule has 0 aromatic heterocycles. The van der Waals surface area contributed by atoms with Gasteiger partial charge in [-0.25, -0.2) is 0 Å². The molecule has 0 unspecified atom stereocenters. The van der Waals surface area contributed by atoms with E-state index in [1.54, 1.807) is 0 Å². The summed E-state index contributed by atoms with van der Waals surface area (Å²) >= 11 is 0. The van der Waals surface area contributed by atoms with Crippen LogP contribution in [0.25, 0.3) is 0 Å². The minimum atomic E-state index is 0.829. The van der Waals surface area contributed by atoms with E-state index < -0.39 is 0 Å². The van der Waals surface area contributed by atoms with Crippen LogP contribution >= 0.6 is 0 Å². The topological polar surface area (TPSA) is 26.0 Å². The molecule has 1 aromatic carbocycles. The van der Waals surface area contributed by atoms with E-state index in [4.69, 9.17) is 5.73 Å². The van der Waals surface area contributed by atoms with E-state index in [2.05, 4.69) is 0 Å². The molecule has 0 saturated carbocycles. The van der Waals surface area contributed by atoms with Crippen molar-refractivity contribution >= 4 is 5.69 Å². The van der Waals surface area contributed by atoms with Gasteiger partial charge in [-0.2, -0.15) is 0 Å². The van der Waals surface area contributed by atoms with Gasteiger partial charge in [-0.1, -0.05) is 17.7 Å². The highest BCUT2D eigenvalue weighted by Crippen LogP contribution is 2.02. The lowest BCUT2D eigenvalue weighted by Crippen LogP contribution is -1.81. The van der Waals surface area contributed by atoms with Crippen LogP contribution in [0.4, 0.5) is 5.69 Å². The first-order chi connectivity index (χ1) is 3.79. The average Bonchev–Trinajstić information content (AvgIpc) is 1.77. The summed E-state index contributed by atoms with van der Waals surface area (Å²) in [7, 11) is 0. The predicted octanol–water partition coefficient (Wildman–Crippen LogP) is 1.58. The van der Waals surface area contributed by atoms with Crippen LogP contribution in [0.2, 0.25) is 0 Å². The lowest BCUT2D eigenvalue weighted by Gasteiger charge is -1.90. The average molecular weight is 106 g/mol. The van der Waals surface area contributed by atoms with Gasteiger partial charge in [0.05, 0.1) is 0 Å². The summed E-state index contributed by atoms with van der Waals surface area (Å²) in [6, 6.07) is 7.79. The Bertz CT molecular complexity index is 143. The van der Waals surface area contributed by atoms with Crippen molar-refractivity contribution in [1.29, 1.82) is 0 Å². The largest absolute Gasteiger partial charge is 0.399 e. The second kappa shape index (κ2) is 1.86. The lowest BCUT2D eigenvalue weighted by molar-refractivity contribution is 1.47. The number of anilines is 1. The van der Waals surface area contributed by atoms with Crippen LogP contribution in [-0.4, -0.2) is 0 Å². The Kier molecular flexibility index (Phi) is 1.20. The van der Waals surface area contributed by atoms with Crippen molar-refractivity contribution in [3.63, 3.8) is 0 Å². The molecule has 2 N–H and O–H groups in total. The van der Waals surface area contributed by atoms with Gasteiger partial charge in [0.1, 0.15) is 0 Å². The third kappa shape index (κ3) is 0.997. The molecule has 0 heterocycles. The van der Waals surface area contributed by atoms with Crippen molar-refractivity contribution < 1.29 is 0 Å². The molecule has 1 rings (SSSR count). The molecule has 0 spiro atoms. The van der Waals surface area contributed by atoms with Crippen molar-refractivity contribution in [3.8, 4) is 0 Å². The Morgan fingerprint density at radius 1 is 1.12 bits per heavy atom. The Morgan fingerprint density at radius 3 is 2.00 bits per heavy atom. The quantitative estimate of drug-likeness (QED) is 0.499. The highest BCUT2D eigenvalue weighted by molar-refractivity contribution is 5.38. The van der Waals surface area contributed by atoms with E-state index >= 15 is 0 Å². The van der Waals surface area contributed by atoms with Crippen molar-refractivity contribution in [3.05, 3.63) is 29.8 Å². The molecule has 0 aliphatic rings. The molecule has 8 heavy (non-hydrogen) atoms. The van der Waals surface area contributed by atoms with E-state index in [1.807, 2.05) is 31.2 Å². The molecule has 0 radical (unpaired) electrons. The molecule has 0 bridgehead atoms. The number of hydrogen-bond acceptors (Lipinski definition) is 1. The normalized spacial score (nSPS) is 9.12. The smallest absolute Gasteiger partial charge is 0.0314 e. The highest BCUT2D eigenvalue weighted by Gasteiger charge is 1.80. The van der Waals surface area contributed by atoms with Gasteiger partial charge < -0.3 is 5.73 Å². The maximum atomic E-state index is 5.43. The molecule has 1 heteroatoms. The zero-order chi connectivity index (χ0) is 5.98. The Morgan fingerprint density at radius 2 is 1.62 bits per heavy atom. The number of aryl methyl sites for hydroxylation is 1. The second-order valence-corrected chi connectivity index (χ2v) is 1.91. The third-order valence-corrected chi connectivity index (χ3v) is 1.08. The molecule has 1 nitrogen and oxygen atoms in total. The van der Waals surface area contributed by atoms with Gasteiger partial charge in [0.25, 0.3) is 0 Å². The van der Waals surface area contributed by atoms with Gasteiger partial charge in [0.15, 0.2) is 0 Å². The van der Waals surface area contributed by atoms with Crippen LogP contribution in [-0.2, 0) is 0 Å². The highest BCUT2D eigenvalue weighted by atomic mass is 14.4. The van der Waals surface area contributed by atoms with Crippen LogP contribution in [0.1, 0.15) is 5.56 Å². The number of benzene rings is 1. The summed E-state index contributed by atoms with van der Waals surface area (Å²) < 4.78 is 0. The van der Waals surface area contributed by atoms with Gasteiger partial charge in [-0.05, 0) is 19.1 Å². The Hall–Kier alpha value is -0.980. The first-order valence-corrected chi connectivity index (χ1v) is 2.61. The van der Waals surface area contributed by atoms with Crippen molar-refractivity contribution in [2.75, 3.05) is 5.73 Å². The number of rotatable bonds is 0. The molecule has 0 saturated heterocycles. The van der Waals surface area contributed by atoms with E-state index in [0.29, 0.717) is 0 Å². The molecule has 0 fully saturated rings. The molecule has 1 aromatic rings. The van der Waals surface area contributed by atoms with Crippen molar-refractivity contribution in [1.82, 2.24) is 0 Å². The summed E-state index contributed by atoms with van der Waals surface area (Å²) in [6.07, 6.45) is 0. The standard InChI is InChI=1S/C7H9N/c1-6-2-4-7(8)5-3-6/h2-5H,8H2,1H3/i7-1. The van der Waals surface area contributed by atoms with Gasteiger partial charge in [0, 0.05) is 5.69 Å². The summed E-state index contributed by atoms with van der Waals surface area (Å²) in [5, 5.41) is 0. The lowest BCUT2D eigenvalue weighted by atomic mass is 9.92. The van der Waals surface area contributed by atoms with Crippen molar-refractivity contribution in [2.24, 2.45) is 0 Å². The molecule has 0 atom stereocenters. The zero-order valence-electron chi connectivity index (χ0n) is 4.89. The minimum absolute atomic E-state index is 0.829. The monoisotopic (exact) mass is 106 g/mol. The van der Waals surface area contributed by atoms with Gasteiger partial charge in [-0.15, -0.1) is 0 Å². The molecule has 0 aliphatic heterocycles. The summed E-state index contributed by atoms with van der Waals surface area (Å²) in [4.78, 5) is 0. The predicted molar refractivity (Wildman–Crippen MR) is 35.6 cm³/mol. The maximum absolute atomic E-state index is 5.43. The number of hydrogen-bond donors (Lipinski definition) is 1. The fourth-order valence-corrected chi connectivity index (χ4v) is 0.566. The van der Waals surface area contributed by atoms with Crippen LogP contribution in [0.5, 0.6) is 0 Å². The molecule has 42 valence electrons. The van der Waals surface area contributed by atoms with E-state index in [1.165, 1.54) is 5.56 Å². The zero-order valence-corrected chi connectivity index (χ0v) is 4.89. The SMILES string of the molecule is Cc1cc[11c](N)cc1. The van der Waals surface area contributed by atoms with Crippen LogP contribution in [0, 0.1) is 6.92 Å². The summed E-state index contributed by atoms with van der Waals surface area (Å²) in [6.45, 7) is 2.04. The number of nitrogens with two attached hydrogens (primary N) is 1. The first-order valence-electron chi connectivity index (χ1n) is 2.61. The molecule has 0 amide bonds. The summed E-state index contributed by atoms with van der Waals surface area (Å²) in [5.41, 5.74) is 7.51. The molecular formula is C7H9N. The van der Waals surface area contributed by atoms with Crippen LogP contribution in [0.3, 0.4) is 0 Å². The number of nitrogen functional groups attached to an aromatic ring is 1. The van der Waals surface area contributed by atoms with Crippen LogP contribution in [0.15, 0.2) is 24.3 Å². The molecule has 0 aliphatic carbocycles. The van der Waals surface area contributed by atoms with Gasteiger partial charge in [-0.3, -0.25) is 0 Å². The Labute approximate surface area is 49.1 Å². The van der Waals surface area contributed by atoms with E-state index in [9.17, 15) is 0 Å². The van der Waals surface area contributed by atoms with Gasteiger partial charge >= 0.3 is 0 Å². The molecular weight excluding hydrogens is 97.1 g/mol. The first kappa shape index (κ1) is 5.16.